The molecule has 4 N–H and O–H groups in total. The Kier molecular flexibility index (Phi) is 25.8. The maximum Gasteiger partial charge on any atom is 2.00 e. The molecule has 0 fully saturated rings. The number of hydrogen-bond acceptors (Lipinski definition) is 10. The van der Waals surface area contributed by atoms with Gasteiger partial charge in [-0.05, 0) is 0 Å². The summed E-state index contributed by atoms with van der Waals surface area (Å²) in [6, 6.07) is 0. The second kappa shape index (κ2) is 18.1. The van der Waals surface area contributed by atoms with E-state index in [0.717, 1.165) is 9.80 Å². The Hall–Kier alpha value is -1.24. The minimum absolute atomic E-state index is 0. The Bertz CT molecular complexity index is 328. The Balaban J connectivity index is -0.000000301. The predicted molar refractivity (Wildman–Crippen MR) is 60.1 cm³/mol. The van der Waals surface area contributed by atoms with Crippen molar-refractivity contribution in [1.29, 1.82) is 0 Å². The molecule has 0 rings (SSSR count). The van der Waals surface area contributed by atoms with Gasteiger partial charge >= 0.3 is 34.1 Å². The van der Waals surface area contributed by atoms with Crippen LogP contribution in [0.4, 0.5) is 0 Å². The molecule has 0 heterocycles. The van der Waals surface area contributed by atoms with Crippen LogP contribution in [0.2, 0.25) is 0 Å². The van der Waals surface area contributed by atoms with Gasteiger partial charge in [0.25, 0.3) is 0 Å². The van der Waals surface area contributed by atoms with Crippen molar-refractivity contribution in [3.05, 3.63) is 0 Å². The molecule has 0 aromatic heterocycles. The molecule has 0 atom stereocenters. The fraction of sp³-hybridized carbons (Fsp3) is 0.600. The third-order valence-electron chi connectivity index (χ3n) is 2.14. The van der Waals surface area contributed by atoms with Crippen LogP contribution in [0.5, 0.6) is 0 Å². The molecule has 12 nitrogen and oxygen atoms in total. The van der Waals surface area contributed by atoms with Crippen LogP contribution in [0.3, 0.4) is 0 Å². The van der Waals surface area contributed by atoms with E-state index in [-0.39, 0.29) is 58.2 Å². The second-order valence-corrected chi connectivity index (χ2v) is 3.91. The van der Waals surface area contributed by atoms with Crippen molar-refractivity contribution in [3.8, 4) is 0 Å². The minimum Gasteiger partial charge on any atom is -0.549 e. The molecule has 0 aromatic carbocycles. The Labute approximate surface area is 158 Å². The Morgan fingerprint density at radius 1 is 0.542 bits per heavy atom. The molecular weight excluding hydrogens is 420 g/mol. The molecule has 0 amide bonds. The van der Waals surface area contributed by atoms with Gasteiger partial charge in [-0.25, -0.2) is 0 Å². The van der Waals surface area contributed by atoms with Crippen LogP contribution in [-0.2, 0) is 53.3 Å². The maximum absolute atomic E-state index is 10.4. The van der Waals surface area contributed by atoms with Gasteiger partial charge in [-0.3, -0.25) is 9.80 Å². The second-order valence-electron chi connectivity index (χ2n) is 3.91. The smallest absolute Gasteiger partial charge is 0.549 e. The van der Waals surface area contributed by atoms with Crippen molar-refractivity contribution in [2.75, 3.05) is 39.3 Å². The third-order valence-corrected chi connectivity index (χ3v) is 2.14. The first-order chi connectivity index (χ1) is 9.20. The van der Waals surface area contributed by atoms with Gasteiger partial charge in [-0.2, -0.15) is 0 Å². The molecule has 14 heteroatoms. The number of carboxylic acid groups (broad SMARTS) is 4. The molecule has 0 spiro atoms. The van der Waals surface area contributed by atoms with Crippen molar-refractivity contribution in [2.24, 2.45) is 0 Å². The monoisotopic (exact) mass is 436 g/mol. The van der Waals surface area contributed by atoms with Gasteiger partial charge in [0.05, 0.1) is 23.9 Å². The molecule has 0 saturated heterocycles. The summed E-state index contributed by atoms with van der Waals surface area (Å²) in [6.45, 7) is -3.25. The van der Waals surface area contributed by atoms with Gasteiger partial charge in [-0.15, -0.1) is 0 Å². The van der Waals surface area contributed by atoms with E-state index >= 15 is 0 Å². The van der Waals surface area contributed by atoms with E-state index in [9.17, 15) is 39.6 Å². The summed E-state index contributed by atoms with van der Waals surface area (Å²) in [7, 11) is 0. The van der Waals surface area contributed by atoms with Gasteiger partial charge in [0.1, 0.15) is 0 Å². The first-order valence-electron chi connectivity index (χ1n) is 5.44. The summed E-state index contributed by atoms with van der Waals surface area (Å²) in [5.41, 5.74) is 0. The zero-order valence-corrected chi connectivity index (χ0v) is 14.3. The normalized spacial score (nSPS) is 8.92. The molecule has 0 aromatic rings. The first-order valence-corrected chi connectivity index (χ1v) is 5.44. The molecule has 0 unspecified atom stereocenters. The van der Waals surface area contributed by atoms with Crippen LogP contribution in [-0.4, -0.2) is 83.9 Å². The summed E-state index contributed by atoms with van der Waals surface area (Å²) in [5, 5.41) is 41.6. The van der Waals surface area contributed by atoms with Crippen LogP contribution in [0.15, 0.2) is 0 Å². The van der Waals surface area contributed by atoms with Crippen molar-refractivity contribution in [3.63, 3.8) is 0 Å². The minimum atomic E-state index is -1.53. The molecule has 0 aliphatic heterocycles. The zero-order valence-electron chi connectivity index (χ0n) is 12.1. The van der Waals surface area contributed by atoms with Crippen LogP contribution in [0.1, 0.15) is 0 Å². The summed E-state index contributed by atoms with van der Waals surface area (Å²) in [4.78, 5) is 43.4. The van der Waals surface area contributed by atoms with E-state index in [2.05, 4.69) is 0 Å². The summed E-state index contributed by atoms with van der Waals surface area (Å²) >= 11 is 0. The van der Waals surface area contributed by atoms with Crippen molar-refractivity contribution in [2.45, 2.75) is 0 Å². The SMILES string of the molecule is O.O.O=C([O-])CN(CCN(CC(=O)[O-])CC(=O)[O-])CC(=O)[O-].[Fe+2].[Fe+2]. The van der Waals surface area contributed by atoms with Crippen molar-refractivity contribution >= 4 is 23.9 Å². The van der Waals surface area contributed by atoms with Gasteiger partial charge in [0.15, 0.2) is 0 Å². The molecule has 0 bridgehead atoms. The van der Waals surface area contributed by atoms with Gasteiger partial charge in [-0.1, -0.05) is 0 Å². The van der Waals surface area contributed by atoms with Crippen molar-refractivity contribution in [1.82, 2.24) is 9.80 Å². The molecule has 0 aliphatic rings. The van der Waals surface area contributed by atoms with Crippen LogP contribution < -0.4 is 20.4 Å². The Morgan fingerprint density at radius 3 is 0.833 bits per heavy atom. The summed E-state index contributed by atoms with van der Waals surface area (Å²) in [6.07, 6.45) is 0. The fourth-order valence-electron chi connectivity index (χ4n) is 1.44. The Morgan fingerprint density at radius 2 is 0.708 bits per heavy atom. The van der Waals surface area contributed by atoms with Gasteiger partial charge in [0, 0.05) is 39.3 Å². The zero-order chi connectivity index (χ0) is 15.7. The van der Waals surface area contributed by atoms with Crippen molar-refractivity contribution < 1.29 is 84.7 Å². The van der Waals surface area contributed by atoms with E-state index in [1.54, 1.807) is 0 Å². The molecule has 24 heavy (non-hydrogen) atoms. The molecule has 142 valence electrons. The van der Waals surface area contributed by atoms with E-state index in [4.69, 9.17) is 0 Å². The number of nitrogens with zero attached hydrogens (tertiary/aromatic N) is 2. The molecule has 0 aliphatic carbocycles. The van der Waals surface area contributed by atoms with E-state index in [1.807, 2.05) is 0 Å². The summed E-state index contributed by atoms with van der Waals surface area (Å²) < 4.78 is 0. The van der Waals surface area contributed by atoms with Gasteiger partial charge in [0.2, 0.25) is 0 Å². The van der Waals surface area contributed by atoms with Crippen LogP contribution in [0, 0.1) is 0 Å². The standard InChI is InChI=1S/C10H16N2O8.2Fe.2H2O/c13-7(14)3-11(4-8(15)16)1-2-12(5-9(17)18)6-10(19)20;;;;/h1-6H2,(H,13,14)(H,15,16)(H,17,18)(H,19,20);;;2*1H2/q;2*+2;;/p-4. The predicted octanol–water partition coefficient (Wildman–Crippen LogP) is -9.06. The fourth-order valence-corrected chi connectivity index (χ4v) is 1.44. The van der Waals surface area contributed by atoms with Crippen LogP contribution >= 0.6 is 0 Å². The van der Waals surface area contributed by atoms with Gasteiger partial charge < -0.3 is 50.6 Å². The maximum atomic E-state index is 10.4. The number of aliphatic carboxylic acids is 4. The molecule has 0 radical (unpaired) electrons. The van der Waals surface area contributed by atoms with E-state index < -0.39 is 50.1 Å². The number of hydrogen-bond donors (Lipinski definition) is 0. The largest absolute Gasteiger partial charge is 2.00 e. The number of carboxylic acids is 4. The average Bonchev–Trinajstić information content (AvgIpc) is 2.22. The van der Waals surface area contributed by atoms with E-state index in [0.29, 0.717) is 0 Å². The van der Waals surface area contributed by atoms with E-state index in [1.165, 1.54) is 0 Å². The van der Waals surface area contributed by atoms with Crippen LogP contribution in [0.25, 0.3) is 0 Å². The number of carbonyl (C=O) groups excluding carboxylic acids is 4. The topological polar surface area (TPSA) is 230 Å². The first kappa shape index (κ1) is 34.2. The number of carbonyl (C=O) groups is 4. The number of rotatable bonds is 11. The molecule has 0 saturated carbocycles. The third kappa shape index (κ3) is 20.8. The average molecular weight is 436 g/mol. The quantitative estimate of drug-likeness (QED) is 0.278. The molecular formula is C10H16Fe2N2O10. The summed E-state index contributed by atoms with van der Waals surface area (Å²) in [5.74, 6) is -6.12.